The van der Waals surface area contributed by atoms with E-state index in [0.717, 1.165) is 6.20 Å². The Bertz CT molecular complexity index is 522. The Hall–Kier alpha value is -2.30. The van der Waals surface area contributed by atoms with E-state index in [1.807, 2.05) is 0 Å². The summed E-state index contributed by atoms with van der Waals surface area (Å²) >= 11 is 0. The van der Waals surface area contributed by atoms with E-state index in [9.17, 15) is 4.39 Å². The second-order valence-electron chi connectivity index (χ2n) is 3.09. The third-order valence-corrected chi connectivity index (χ3v) is 2.00. The molecule has 0 radical (unpaired) electrons. The van der Waals surface area contributed by atoms with Gasteiger partial charge in [-0.3, -0.25) is 4.98 Å². The Morgan fingerprint density at radius 3 is 2.62 bits per heavy atom. The number of rotatable bonds is 2. The number of aromatic nitrogens is 3. The van der Waals surface area contributed by atoms with Crippen molar-refractivity contribution in [3.05, 3.63) is 42.6 Å². The minimum absolute atomic E-state index is 0.247. The van der Waals surface area contributed by atoms with Gasteiger partial charge in [0.1, 0.15) is 11.5 Å². The van der Waals surface area contributed by atoms with E-state index in [1.54, 1.807) is 6.08 Å². The molecule has 0 bridgehead atoms. The molecule has 2 aromatic rings. The lowest BCUT2D eigenvalue weighted by molar-refractivity contribution is 0.622. The summed E-state index contributed by atoms with van der Waals surface area (Å²) in [6.07, 6.45) is 4.19. The summed E-state index contributed by atoms with van der Waals surface area (Å²) in [5, 5.41) is 0. The first-order chi connectivity index (χ1) is 7.70. The molecule has 0 aliphatic heterocycles. The zero-order valence-corrected chi connectivity index (χ0v) is 8.39. The van der Waals surface area contributed by atoms with Crippen LogP contribution in [0.3, 0.4) is 0 Å². The van der Waals surface area contributed by atoms with Crippen molar-refractivity contribution in [3.8, 4) is 11.4 Å². The number of nitrogen functional groups attached to an aromatic ring is 1. The van der Waals surface area contributed by atoms with Crippen LogP contribution in [0.25, 0.3) is 17.5 Å². The highest BCUT2D eigenvalue weighted by molar-refractivity contribution is 5.67. The third-order valence-electron chi connectivity index (χ3n) is 2.00. The van der Waals surface area contributed by atoms with E-state index in [2.05, 4.69) is 21.5 Å². The second kappa shape index (κ2) is 4.06. The van der Waals surface area contributed by atoms with Crippen LogP contribution in [0.1, 0.15) is 5.69 Å². The summed E-state index contributed by atoms with van der Waals surface area (Å²) < 4.78 is 12.7. The van der Waals surface area contributed by atoms with Crippen LogP contribution in [0.4, 0.5) is 10.2 Å². The summed E-state index contributed by atoms with van der Waals surface area (Å²) in [7, 11) is 0. The van der Waals surface area contributed by atoms with Crippen LogP contribution in [-0.4, -0.2) is 15.0 Å². The number of hydrogen-bond donors (Lipinski definition) is 1. The summed E-state index contributed by atoms with van der Waals surface area (Å²) in [4.78, 5) is 12.0. The van der Waals surface area contributed by atoms with Crippen LogP contribution in [0.5, 0.6) is 0 Å². The number of pyridine rings is 1. The standard InChI is InChI=1S/C11H9FN4/c1-2-8-6-15-10(11(13)16-8)9-4-3-7(12)5-14-9/h2-6H,1H2,(H2,13,16). The van der Waals surface area contributed by atoms with Gasteiger partial charge in [-0.05, 0) is 18.2 Å². The van der Waals surface area contributed by atoms with Gasteiger partial charge in [0, 0.05) is 0 Å². The zero-order chi connectivity index (χ0) is 11.5. The van der Waals surface area contributed by atoms with Crippen molar-refractivity contribution >= 4 is 11.9 Å². The maximum absolute atomic E-state index is 12.7. The number of nitrogens with two attached hydrogens (primary N) is 1. The van der Waals surface area contributed by atoms with Crippen molar-refractivity contribution < 1.29 is 4.39 Å². The fourth-order valence-corrected chi connectivity index (χ4v) is 1.23. The Morgan fingerprint density at radius 1 is 1.25 bits per heavy atom. The van der Waals surface area contributed by atoms with E-state index in [-0.39, 0.29) is 5.82 Å². The smallest absolute Gasteiger partial charge is 0.152 e. The lowest BCUT2D eigenvalue weighted by atomic mass is 10.2. The second-order valence-corrected chi connectivity index (χ2v) is 3.09. The molecule has 0 amide bonds. The molecular weight excluding hydrogens is 207 g/mol. The predicted molar refractivity (Wildman–Crippen MR) is 59.7 cm³/mol. The summed E-state index contributed by atoms with van der Waals surface area (Å²) in [5.41, 5.74) is 7.22. The first-order valence-corrected chi connectivity index (χ1v) is 4.57. The van der Waals surface area contributed by atoms with Crippen LogP contribution >= 0.6 is 0 Å². The SMILES string of the molecule is C=Cc1cnc(-c2ccc(F)cn2)c(N)n1. The molecule has 0 fully saturated rings. The Labute approximate surface area is 91.7 Å². The molecule has 2 heterocycles. The molecule has 2 rings (SSSR count). The van der Waals surface area contributed by atoms with Crippen molar-refractivity contribution in [3.63, 3.8) is 0 Å². The highest BCUT2D eigenvalue weighted by Crippen LogP contribution is 2.19. The van der Waals surface area contributed by atoms with E-state index in [4.69, 9.17) is 5.73 Å². The molecule has 0 atom stereocenters. The molecular formula is C11H9FN4. The van der Waals surface area contributed by atoms with E-state index >= 15 is 0 Å². The first kappa shape index (κ1) is 10.2. The van der Waals surface area contributed by atoms with Gasteiger partial charge >= 0.3 is 0 Å². The van der Waals surface area contributed by atoms with Gasteiger partial charge in [-0.25, -0.2) is 14.4 Å². The molecule has 0 saturated carbocycles. The molecule has 4 nitrogen and oxygen atoms in total. The number of halogens is 1. The van der Waals surface area contributed by atoms with Crippen LogP contribution in [-0.2, 0) is 0 Å². The van der Waals surface area contributed by atoms with Crippen molar-refractivity contribution in [2.45, 2.75) is 0 Å². The Balaban J connectivity index is 2.48. The lowest BCUT2D eigenvalue weighted by Crippen LogP contribution is -1.99. The van der Waals surface area contributed by atoms with Crippen LogP contribution in [0.2, 0.25) is 0 Å². The fraction of sp³-hybridized carbons (Fsp3) is 0. The molecule has 0 unspecified atom stereocenters. The average molecular weight is 216 g/mol. The molecule has 0 spiro atoms. The topological polar surface area (TPSA) is 64.7 Å². The minimum atomic E-state index is -0.405. The van der Waals surface area contributed by atoms with Gasteiger partial charge in [0.15, 0.2) is 5.82 Å². The fourth-order valence-electron chi connectivity index (χ4n) is 1.23. The van der Waals surface area contributed by atoms with Gasteiger partial charge in [-0.1, -0.05) is 6.58 Å². The Morgan fingerprint density at radius 2 is 2.06 bits per heavy atom. The van der Waals surface area contributed by atoms with Crippen LogP contribution in [0, 0.1) is 5.82 Å². The number of anilines is 1. The maximum Gasteiger partial charge on any atom is 0.152 e. The lowest BCUT2D eigenvalue weighted by Gasteiger charge is -2.03. The zero-order valence-electron chi connectivity index (χ0n) is 8.39. The van der Waals surface area contributed by atoms with Gasteiger partial charge < -0.3 is 5.73 Å². The molecule has 0 aliphatic rings. The quantitative estimate of drug-likeness (QED) is 0.832. The van der Waals surface area contributed by atoms with Gasteiger partial charge in [-0.15, -0.1) is 0 Å². The van der Waals surface area contributed by atoms with Crippen molar-refractivity contribution in [1.82, 2.24) is 15.0 Å². The monoisotopic (exact) mass is 216 g/mol. The molecule has 16 heavy (non-hydrogen) atoms. The van der Waals surface area contributed by atoms with E-state index in [0.29, 0.717) is 17.1 Å². The average Bonchev–Trinajstić information content (AvgIpc) is 2.30. The maximum atomic E-state index is 12.7. The molecule has 0 aromatic carbocycles. The first-order valence-electron chi connectivity index (χ1n) is 4.57. The minimum Gasteiger partial charge on any atom is -0.382 e. The van der Waals surface area contributed by atoms with Crippen LogP contribution in [0.15, 0.2) is 31.1 Å². The summed E-state index contributed by atoms with van der Waals surface area (Å²) in [6.45, 7) is 3.56. The molecule has 5 heteroatoms. The van der Waals surface area contributed by atoms with E-state index in [1.165, 1.54) is 18.3 Å². The third kappa shape index (κ3) is 1.88. The number of nitrogens with zero attached hydrogens (tertiary/aromatic N) is 3. The highest BCUT2D eigenvalue weighted by atomic mass is 19.1. The normalized spacial score (nSPS) is 10.1. The van der Waals surface area contributed by atoms with E-state index < -0.39 is 5.82 Å². The number of hydrogen-bond acceptors (Lipinski definition) is 4. The predicted octanol–water partition coefficient (Wildman–Crippen LogP) is 1.90. The van der Waals surface area contributed by atoms with Gasteiger partial charge in [0.05, 0.1) is 23.8 Å². The molecule has 0 aliphatic carbocycles. The molecule has 0 saturated heterocycles. The van der Waals surface area contributed by atoms with Gasteiger partial charge in [0.25, 0.3) is 0 Å². The van der Waals surface area contributed by atoms with Gasteiger partial charge in [0.2, 0.25) is 0 Å². The van der Waals surface area contributed by atoms with Crippen molar-refractivity contribution in [2.75, 3.05) is 5.73 Å². The largest absolute Gasteiger partial charge is 0.382 e. The summed E-state index contributed by atoms with van der Waals surface area (Å²) in [5.74, 6) is -0.158. The van der Waals surface area contributed by atoms with Gasteiger partial charge in [-0.2, -0.15) is 0 Å². The Kier molecular flexibility index (Phi) is 2.59. The molecule has 80 valence electrons. The molecule has 2 aromatic heterocycles. The molecule has 2 N–H and O–H groups in total. The highest BCUT2D eigenvalue weighted by Gasteiger charge is 2.07. The van der Waals surface area contributed by atoms with Crippen molar-refractivity contribution in [2.24, 2.45) is 0 Å². The van der Waals surface area contributed by atoms with Crippen LogP contribution < -0.4 is 5.73 Å². The van der Waals surface area contributed by atoms with Crippen molar-refractivity contribution in [1.29, 1.82) is 0 Å². The summed E-state index contributed by atoms with van der Waals surface area (Å²) in [6, 6.07) is 2.80.